The Morgan fingerprint density at radius 1 is 1.08 bits per heavy atom. The van der Waals surface area contributed by atoms with E-state index in [4.69, 9.17) is 0 Å². The van der Waals surface area contributed by atoms with Crippen molar-refractivity contribution in [3.05, 3.63) is 16.7 Å². The number of phenolic OH excluding ortho intramolecular Hbond substituents is 3. The van der Waals surface area contributed by atoms with E-state index in [2.05, 4.69) is 13.8 Å². The number of aromatic hydroxyl groups is 3. The second-order valence-corrected chi connectivity index (χ2v) is 8.77. The molecule has 0 amide bonds. The molecule has 3 atom stereocenters. The Labute approximate surface area is 148 Å². The molecule has 2 aliphatic carbocycles. The average molecular weight is 348 g/mol. The van der Waals surface area contributed by atoms with Gasteiger partial charge in [0.2, 0.25) is 0 Å². The van der Waals surface area contributed by atoms with Crippen LogP contribution in [0.1, 0.15) is 74.9 Å². The van der Waals surface area contributed by atoms with Gasteiger partial charge in [-0.1, -0.05) is 27.2 Å². The highest BCUT2D eigenvalue weighted by atomic mass is 16.3. The van der Waals surface area contributed by atoms with Gasteiger partial charge in [-0.25, -0.2) is 0 Å². The monoisotopic (exact) mass is 348 g/mol. The lowest BCUT2D eigenvalue weighted by Gasteiger charge is -2.53. The number of benzene rings is 1. The molecule has 25 heavy (non-hydrogen) atoms. The predicted molar refractivity (Wildman–Crippen MR) is 94.2 cm³/mol. The molecule has 0 aliphatic heterocycles. The number of ketones is 1. The Bertz CT molecular complexity index is 734. The topological polar surface area (TPSA) is 98.0 Å². The molecule has 0 saturated heterocycles. The van der Waals surface area contributed by atoms with Gasteiger partial charge < -0.3 is 20.4 Å². The van der Waals surface area contributed by atoms with Crippen LogP contribution in [-0.2, 0) is 11.8 Å². The Morgan fingerprint density at radius 2 is 1.72 bits per heavy atom. The van der Waals surface area contributed by atoms with Crippen LogP contribution < -0.4 is 0 Å². The third kappa shape index (κ3) is 2.51. The molecule has 1 saturated carbocycles. The van der Waals surface area contributed by atoms with Crippen molar-refractivity contribution < 1.29 is 25.2 Å². The minimum atomic E-state index is -0.815. The van der Waals surface area contributed by atoms with Crippen molar-refractivity contribution in [3.63, 3.8) is 0 Å². The minimum absolute atomic E-state index is 0.0303. The van der Waals surface area contributed by atoms with Gasteiger partial charge >= 0.3 is 0 Å². The number of hydrogen-bond donors (Lipinski definition) is 4. The Balaban J connectivity index is 2.29. The lowest BCUT2D eigenvalue weighted by molar-refractivity contribution is 0.0350. The first-order valence-electron chi connectivity index (χ1n) is 9.02. The summed E-state index contributed by atoms with van der Waals surface area (Å²) in [5, 5.41) is 41.6. The van der Waals surface area contributed by atoms with Gasteiger partial charge in [-0.05, 0) is 31.1 Å². The molecule has 138 valence electrons. The van der Waals surface area contributed by atoms with Crippen LogP contribution in [0.2, 0.25) is 0 Å². The van der Waals surface area contributed by atoms with E-state index in [9.17, 15) is 25.2 Å². The minimum Gasteiger partial charge on any atom is -0.507 e. The molecule has 0 spiro atoms. The number of Topliss-reactive ketones (excluding diaryl/α,β-unsaturated/α-hetero) is 1. The molecular weight excluding hydrogens is 320 g/mol. The van der Waals surface area contributed by atoms with Crippen LogP contribution >= 0.6 is 0 Å². The second-order valence-electron chi connectivity index (χ2n) is 8.77. The lowest BCUT2D eigenvalue weighted by atomic mass is 9.50. The van der Waals surface area contributed by atoms with Crippen molar-refractivity contribution in [2.75, 3.05) is 0 Å². The molecule has 4 N–H and O–H groups in total. The van der Waals surface area contributed by atoms with E-state index in [1.54, 1.807) is 0 Å². The number of aliphatic hydroxyl groups is 1. The van der Waals surface area contributed by atoms with Crippen molar-refractivity contribution in [1.29, 1.82) is 0 Å². The molecule has 5 heteroatoms. The smallest absolute Gasteiger partial charge is 0.167 e. The summed E-state index contributed by atoms with van der Waals surface area (Å²) in [6, 6.07) is 0. The zero-order chi connectivity index (χ0) is 18.7. The normalized spacial score (nSPS) is 29.0. The maximum absolute atomic E-state index is 12.9. The molecule has 2 aliphatic rings. The van der Waals surface area contributed by atoms with Crippen LogP contribution in [0.15, 0.2) is 0 Å². The van der Waals surface area contributed by atoms with Gasteiger partial charge in [0.1, 0.15) is 5.75 Å². The van der Waals surface area contributed by atoms with Crippen molar-refractivity contribution in [2.24, 2.45) is 11.3 Å². The van der Waals surface area contributed by atoms with Crippen molar-refractivity contribution in [1.82, 2.24) is 0 Å². The van der Waals surface area contributed by atoms with Crippen LogP contribution in [0, 0.1) is 11.3 Å². The molecule has 0 radical (unpaired) electrons. The van der Waals surface area contributed by atoms with Gasteiger partial charge in [0.15, 0.2) is 17.3 Å². The van der Waals surface area contributed by atoms with E-state index in [1.165, 1.54) is 6.92 Å². The summed E-state index contributed by atoms with van der Waals surface area (Å²) in [7, 11) is 0. The zero-order valence-electron chi connectivity index (χ0n) is 15.4. The molecule has 1 fully saturated rings. The van der Waals surface area contributed by atoms with E-state index in [-0.39, 0.29) is 46.2 Å². The zero-order valence-corrected chi connectivity index (χ0v) is 15.4. The van der Waals surface area contributed by atoms with Gasteiger partial charge in [-0.3, -0.25) is 4.79 Å². The van der Waals surface area contributed by atoms with Crippen molar-refractivity contribution in [3.8, 4) is 17.2 Å². The molecule has 5 nitrogen and oxygen atoms in total. The van der Waals surface area contributed by atoms with E-state index in [1.807, 2.05) is 6.92 Å². The number of carbonyl (C=O) groups is 1. The predicted octanol–water partition coefficient (Wildman–Crippen LogP) is 3.40. The second kappa shape index (κ2) is 5.63. The van der Waals surface area contributed by atoms with Gasteiger partial charge in [-0.15, -0.1) is 0 Å². The standard InChI is InChI=1S/C20H28O5/c1-10(21)8-11-16(23)14-12(22)9-13-19(2,3)6-5-7-20(13,4)15(14)18(25)17(11)24/h10,13,21,23-25H,5-9H2,1-4H3. The summed E-state index contributed by atoms with van der Waals surface area (Å²) in [5.41, 5.74) is 0.00830. The highest BCUT2D eigenvalue weighted by molar-refractivity contribution is 6.03. The average Bonchev–Trinajstić information content (AvgIpc) is 2.49. The quantitative estimate of drug-likeness (QED) is 0.485. The Morgan fingerprint density at radius 3 is 2.32 bits per heavy atom. The fourth-order valence-electron chi connectivity index (χ4n) is 5.29. The van der Waals surface area contributed by atoms with Crippen LogP contribution in [-0.4, -0.2) is 32.3 Å². The molecule has 1 aromatic carbocycles. The highest BCUT2D eigenvalue weighted by Crippen LogP contribution is 2.61. The van der Waals surface area contributed by atoms with E-state index in [0.717, 1.165) is 19.3 Å². The summed E-state index contributed by atoms with van der Waals surface area (Å²) in [5.74, 6) is -1.19. The van der Waals surface area contributed by atoms with E-state index in [0.29, 0.717) is 12.0 Å². The third-order valence-corrected chi connectivity index (χ3v) is 6.49. The maximum Gasteiger partial charge on any atom is 0.167 e. The van der Waals surface area contributed by atoms with Crippen LogP contribution in [0.4, 0.5) is 0 Å². The molecule has 1 aromatic rings. The van der Waals surface area contributed by atoms with E-state index < -0.39 is 17.3 Å². The first kappa shape index (κ1) is 18.1. The number of phenols is 3. The number of rotatable bonds is 2. The van der Waals surface area contributed by atoms with Gasteiger partial charge in [0.25, 0.3) is 0 Å². The first-order chi connectivity index (χ1) is 11.5. The SMILES string of the molecule is CC(O)Cc1c(O)c(O)c2c(c1O)C(=O)CC1C(C)(C)CCCC21C. The van der Waals surface area contributed by atoms with Gasteiger partial charge in [-0.2, -0.15) is 0 Å². The summed E-state index contributed by atoms with van der Waals surface area (Å²) in [4.78, 5) is 12.9. The Hall–Kier alpha value is -1.75. The Kier molecular flexibility index (Phi) is 4.06. The molecular formula is C20H28O5. The molecule has 0 bridgehead atoms. The summed E-state index contributed by atoms with van der Waals surface area (Å²) >= 11 is 0. The fourth-order valence-corrected chi connectivity index (χ4v) is 5.29. The summed E-state index contributed by atoms with van der Waals surface area (Å²) < 4.78 is 0. The maximum atomic E-state index is 12.9. The first-order valence-corrected chi connectivity index (χ1v) is 9.02. The number of aliphatic hydroxyl groups excluding tert-OH is 1. The summed E-state index contributed by atoms with van der Waals surface area (Å²) in [6.45, 7) is 7.84. The number of hydrogen-bond acceptors (Lipinski definition) is 5. The van der Waals surface area contributed by atoms with Crippen LogP contribution in [0.3, 0.4) is 0 Å². The molecule has 3 unspecified atom stereocenters. The number of fused-ring (bicyclic) bond motifs is 3. The molecule has 3 rings (SSSR count). The largest absolute Gasteiger partial charge is 0.507 e. The van der Waals surface area contributed by atoms with Crippen molar-refractivity contribution >= 4 is 5.78 Å². The highest BCUT2D eigenvalue weighted by Gasteiger charge is 2.54. The van der Waals surface area contributed by atoms with Crippen LogP contribution in [0.5, 0.6) is 17.2 Å². The van der Waals surface area contributed by atoms with E-state index >= 15 is 0 Å². The lowest BCUT2D eigenvalue weighted by Crippen LogP contribution is -2.49. The van der Waals surface area contributed by atoms with Gasteiger partial charge in [0, 0.05) is 29.4 Å². The number of carbonyl (C=O) groups excluding carboxylic acids is 1. The van der Waals surface area contributed by atoms with Crippen molar-refractivity contribution in [2.45, 2.75) is 71.3 Å². The third-order valence-electron chi connectivity index (χ3n) is 6.49. The van der Waals surface area contributed by atoms with Gasteiger partial charge in [0.05, 0.1) is 11.7 Å². The molecule has 0 heterocycles. The fraction of sp³-hybridized carbons (Fsp3) is 0.650. The van der Waals surface area contributed by atoms with Crippen LogP contribution in [0.25, 0.3) is 0 Å². The summed E-state index contributed by atoms with van der Waals surface area (Å²) in [6.07, 6.45) is 2.24. The molecule has 0 aromatic heterocycles.